The number of pyridine rings is 1. The molecule has 0 amide bonds. The van der Waals surface area contributed by atoms with Gasteiger partial charge in [0, 0.05) is 18.4 Å². The molecule has 1 aromatic heterocycles. The average Bonchev–Trinajstić information content (AvgIpc) is 2.47. The van der Waals surface area contributed by atoms with Crippen LogP contribution in [0.15, 0.2) is 42.6 Å². The van der Waals surface area contributed by atoms with E-state index in [1.165, 1.54) is 0 Å². The van der Waals surface area contributed by atoms with Gasteiger partial charge in [0.2, 0.25) is 0 Å². The minimum absolute atomic E-state index is 0.420. The summed E-state index contributed by atoms with van der Waals surface area (Å²) in [6.45, 7) is 0.634. The van der Waals surface area contributed by atoms with Crippen molar-refractivity contribution in [2.45, 2.75) is 13.0 Å². The second kappa shape index (κ2) is 6.18. The molecule has 0 aliphatic heterocycles. The van der Waals surface area contributed by atoms with Gasteiger partial charge in [0.1, 0.15) is 11.8 Å². The first kappa shape index (κ1) is 12.6. The summed E-state index contributed by atoms with van der Waals surface area (Å²) in [5, 5.41) is 20.6. The van der Waals surface area contributed by atoms with E-state index in [9.17, 15) is 0 Å². The summed E-state index contributed by atoms with van der Waals surface area (Å²) < 4.78 is 0. The predicted molar refractivity (Wildman–Crippen MR) is 72.0 cm³/mol. The molecule has 0 aliphatic rings. The van der Waals surface area contributed by atoms with Crippen LogP contribution in [0.4, 0.5) is 5.69 Å². The van der Waals surface area contributed by atoms with E-state index in [4.69, 9.17) is 10.5 Å². The maximum absolute atomic E-state index is 8.77. The van der Waals surface area contributed by atoms with E-state index in [1.54, 1.807) is 12.3 Å². The molecule has 0 spiro atoms. The number of hydrogen-bond acceptors (Lipinski definition) is 4. The van der Waals surface area contributed by atoms with Crippen LogP contribution in [-0.2, 0) is 13.0 Å². The third-order valence-electron chi connectivity index (χ3n) is 2.67. The summed E-state index contributed by atoms with van der Waals surface area (Å²) in [6, 6.07) is 15.5. The third kappa shape index (κ3) is 3.55. The second-order valence-corrected chi connectivity index (χ2v) is 4.05. The number of nitrogens with one attached hydrogen (secondary N) is 1. The van der Waals surface area contributed by atoms with Gasteiger partial charge in [-0.15, -0.1) is 0 Å². The lowest BCUT2D eigenvalue weighted by Crippen LogP contribution is -2.00. The maximum atomic E-state index is 8.77. The zero-order valence-corrected chi connectivity index (χ0v) is 10.3. The van der Waals surface area contributed by atoms with Crippen molar-refractivity contribution in [3.05, 3.63) is 59.4 Å². The molecular formula is C15H12N4. The molecule has 92 valence electrons. The number of rotatable bonds is 4. The van der Waals surface area contributed by atoms with Crippen molar-refractivity contribution < 1.29 is 0 Å². The summed E-state index contributed by atoms with van der Waals surface area (Å²) in [4.78, 5) is 3.93. The molecule has 0 bridgehead atoms. The Bertz CT molecular complexity index is 632. The third-order valence-corrected chi connectivity index (χ3v) is 2.67. The molecule has 1 aromatic carbocycles. The number of anilines is 1. The Morgan fingerprint density at radius 3 is 2.53 bits per heavy atom. The largest absolute Gasteiger partial charge is 0.381 e. The van der Waals surface area contributed by atoms with Crippen LogP contribution < -0.4 is 5.32 Å². The van der Waals surface area contributed by atoms with E-state index in [0.29, 0.717) is 18.7 Å². The van der Waals surface area contributed by atoms with Crippen LogP contribution in [0.1, 0.15) is 16.8 Å². The van der Waals surface area contributed by atoms with Gasteiger partial charge in [-0.3, -0.25) is 0 Å². The van der Waals surface area contributed by atoms with Crippen LogP contribution in [-0.4, -0.2) is 4.98 Å². The highest BCUT2D eigenvalue weighted by Crippen LogP contribution is 2.11. The Morgan fingerprint density at radius 1 is 1.05 bits per heavy atom. The first-order chi connectivity index (χ1) is 9.31. The summed E-state index contributed by atoms with van der Waals surface area (Å²) in [6.07, 6.45) is 2.06. The fourth-order valence-electron chi connectivity index (χ4n) is 1.68. The van der Waals surface area contributed by atoms with Gasteiger partial charge in [-0.05, 0) is 35.4 Å². The van der Waals surface area contributed by atoms with Crippen LogP contribution >= 0.6 is 0 Å². The average molecular weight is 248 g/mol. The standard InChI is InChI=1S/C15H12N4/c16-7-5-12-1-3-14(4-2-12)19-11-13-6-8-18-15(9-13)10-17/h1-4,6,8-9,19H,5,11H2. The van der Waals surface area contributed by atoms with E-state index < -0.39 is 0 Å². The van der Waals surface area contributed by atoms with Crippen molar-refractivity contribution in [2.75, 3.05) is 5.32 Å². The quantitative estimate of drug-likeness (QED) is 0.902. The Balaban J connectivity index is 1.98. The topological polar surface area (TPSA) is 72.5 Å². The zero-order chi connectivity index (χ0) is 13.5. The van der Waals surface area contributed by atoms with E-state index in [-0.39, 0.29) is 0 Å². The SMILES string of the molecule is N#CCc1ccc(NCc2ccnc(C#N)c2)cc1. The molecule has 2 aromatic rings. The molecule has 0 saturated heterocycles. The van der Waals surface area contributed by atoms with E-state index >= 15 is 0 Å². The Morgan fingerprint density at radius 2 is 1.84 bits per heavy atom. The van der Waals surface area contributed by atoms with Gasteiger partial charge in [-0.25, -0.2) is 4.98 Å². The van der Waals surface area contributed by atoms with E-state index in [0.717, 1.165) is 16.8 Å². The zero-order valence-electron chi connectivity index (χ0n) is 10.3. The van der Waals surface area contributed by atoms with Crippen LogP contribution in [0, 0.1) is 22.7 Å². The van der Waals surface area contributed by atoms with Gasteiger partial charge in [-0.2, -0.15) is 10.5 Å². The van der Waals surface area contributed by atoms with Crippen molar-refractivity contribution in [2.24, 2.45) is 0 Å². The molecule has 0 radical (unpaired) electrons. The van der Waals surface area contributed by atoms with Crippen molar-refractivity contribution in [3.63, 3.8) is 0 Å². The Labute approximate surface area is 112 Å². The van der Waals surface area contributed by atoms with E-state index in [1.807, 2.05) is 36.4 Å². The summed E-state index contributed by atoms with van der Waals surface area (Å²) in [5.74, 6) is 0. The molecule has 1 heterocycles. The smallest absolute Gasteiger partial charge is 0.140 e. The Hall–Kier alpha value is -2.85. The monoisotopic (exact) mass is 248 g/mol. The maximum Gasteiger partial charge on any atom is 0.140 e. The van der Waals surface area contributed by atoms with Gasteiger partial charge in [-0.1, -0.05) is 12.1 Å². The summed E-state index contributed by atoms with van der Waals surface area (Å²) in [7, 11) is 0. The molecule has 2 rings (SSSR count). The summed E-state index contributed by atoms with van der Waals surface area (Å²) in [5.41, 5.74) is 3.41. The van der Waals surface area contributed by atoms with Gasteiger partial charge in [0.05, 0.1) is 12.5 Å². The number of nitriles is 2. The molecule has 4 nitrogen and oxygen atoms in total. The Kier molecular flexibility index (Phi) is 4.10. The minimum Gasteiger partial charge on any atom is -0.381 e. The van der Waals surface area contributed by atoms with Crippen molar-refractivity contribution in [1.29, 1.82) is 10.5 Å². The van der Waals surface area contributed by atoms with Gasteiger partial charge >= 0.3 is 0 Å². The lowest BCUT2D eigenvalue weighted by Gasteiger charge is -2.07. The van der Waals surface area contributed by atoms with Gasteiger partial charge < -0.3 is 5.32 Å². The highest BCUT2D eigenvalue weighted by atomic mass is 14.9. The normalized spacial score (nSPS) is 9.37. The summed E-state index contributed by atoms with van der Waals surface area (Å²) >= 11 is 0. The van der Waals surface area contributed by atoms with Crippen molar-refractivity contribution in [1.82, 2.24) is 4.98 Å². The lowest BCUT2D eigenvalue weighted by atomic mass is 10.1. The first-order valence-corrected chi connectivity index (χ1v) is 5.86. The van der Waals surface area contributed by atoms with Crippen LogP contribution in [0.5, 0.6) is 0 Å². The molecule has 1 N–H and O–H groups in total. The number of benzene rings is 1. The molecule has 0 aliphatic carbocycles. The molecule has 0 saturated carbocycles. The van der Waals surface area contributed by atoms with Crippen molar-refractivity contribution in [3.8, 4) is 12.1 Å². The number of hydrogen-bond donors (Lipinski definition) is 1. The number of aromatic nitrogens is 1. The van der Waals surface area contributed by atoms with Gasteiger partial charge in [0.25, 0.3) is 0 Å². The molecule has 19 heavy (non-hydrogen) atoms. The highest BCUT2D eigenvalue weighted by molar-refractivity contribution is 5.45. The van der Waals surface area contributed by atoms with Crippen LogP contribution in [0.2, 0.25) is 0 Å². The molecule has 4 heteroatoms. The minimum atomic E-state index is 0.420. The fraction of sp³-hybridized carbons (Fsp3) is 0.133. The van der Waals surface area contributed by atoms with Crippen LogP contribution in [0.3, 0.4) is 0 Å². The molecule has 0 fully saturated rings. The van der Waals surface area contributed by atoms with Crippen LogP contribution in [0.25, 0.3) is 0 Å². The fourth-order valence-corrected chi connectivity index (χ4v) is 1.68. The predicted octanol–water partition coefficient (Wildman–Crippen LogP) is 2.63. The van der Waals surface area contributed by atoms with Gasteiger partial charge in [0.15, 0.2) is 0 Å². The molecular weight excluding hydrogens is 236 g/mol. The highest BCUT2D eigenvalue weighted by Gasteiger charge is 1.97. The second-order valence-electron chi connectivity index (χ2n) is 4.05. The first-order valence-electron chi connectivity index (χ1n) is 5.86. The lowest BCUT2D eigenvalue weighted by molar-refractivity contribution is 1.11. The van der Waals surface area contributed by atoms with Crippen molar-refractivity contribution >= 4 is 5.69 Å². The molecule has 0 atom stereocenters. The molecule has 0 unspecified atom stereocenters. The van der Waals surface area contributed by atoms with E-state index in [2.05, 4.69) is 16.4 Å². The number of nitrogens with zero attached hydrogens (tertiary/aromatic N) is 3.